The third-order valence-corrected chi connectivity index (χ3v) is 3.75. The van der Waals surface area contributed by atoms with Crippen molar-refractivity contribution in [1.29, 1.82) is 0 Å². The van der Waals surface area contributed by atoms with Crippen molar-refractivity contribution in [2.45, 2.75) is 11.7 Å². The molecular formula is C9H11N5O3S2. The summed E-state index contributed by atoms with van der Waals surface area (Å²) in [5.74, 6) is -0.335. The van der Waals surface area contributed by atoms with Gasteiger partial charge in [-0.1, -0.05) is 16.3 Å². The molecule has 0 atom stereocenters. The molecule has 0 aromatic carbocycles. The summed E-state index contributed by atoms with van der Waals surface area (Å²) in [5.41, 5.74) is 0. The van der Waals surface area contributed by atoms with E-state index in [0.29, 0.717) is 24.1 Å². The first-order valence-corrected chi connectivity index (χ1v) is 7.02. The first-order valence-electron chi connectivity index (χ1n) is 5.27. The number of methoxy groups -OCH3 is 1. The number of aliphatic carboxylic acids is 1. The summed E-state index contributed by atoms with van der Waals surface area (Å²) in [4.78, 5) is 11.4. The van der Waals surface area contributed by atoms with Gasteiger partial charge in [0.15, 0.2) is 11.0 Å². The van der Waals surface area contributed by atoms with Crippen molar-refractivity contribution in [2.75, 3.05) is 19.5 Å². The summed E-state index contributed by atoms with van der Waals surface area (Å²) in [6, 6.07) is 0. The van der Waals surface area contributed by atoms with Gasteiger partial charge in [0.25, 0.3) is 0 Å². The highest BCUT2D eigenvalue weighted by atomic mass is 32.2. The first-order chi connectivity index (χ1) is 9.22. The zero-order chi connectivity index (χ0) is 13.7. The Balaban J connectivity index is 2.25. The highest BCUT2D eigenvalue weighted by Gasteiger charge is 2.16. The van der Waals surface area contributed by atoms with E-state index in [0.717, 1.165) is 16.6 Å². The summed E-state index contributed by atoms with van der Waals surface area (Å²) >= 11 is 2.33. The van der Waals surface area contributed by atoms with Crippen LogP contribution in [0.25, 0.3) is 10.7 Å². The number of thioether (sulfide) groups is 1. The smallest absolute Gasteiger partial charge is 0.313 e. The zero-order valence-corrected chi connectivity index (χ0v) is 11.6. The second-order valence-electron chi connectivity index (χ2n) is 3.41. The maximum atomic E-state index is 10.6. The molecule has 8 nitrogen and oxygen atoms in total. The van der Waals surface area contributed by atoms with Crippen LogP contribution in [0.15, 0.2) is 11.4 Å². The molecule has 2 rings (SSSR count). The van der Waals surface area contributed by atoms with Crippen LogP contribution < -0.4 is 0 Å². The summed E-state index contributed by atoms with van der Waals surface area (Å²) in [6.07, 6.45) is 1.60. The molecule has 0 radical (unpaired) electrons. The average Bonchev–Trinajstić information content (AvgIpc) is 3.02. The fraction of sp³-hybridized carbons (Fsp3) is 0.444. The summed E-state index contributed by atoms with van der Waals surface area (Å²) in [6.45, 7) is 1.02. The number of hydrogen-bond donors (Lipinski definition) is 1. The Morgan fingerprint density at radius 2 is 2.42 bits per heavy atom. The minimum atomic E-state index is -0.896. The molecule has 102 valence electrons. The van der Waals surface area contributed by atoms with E-state index in [4.69, 9.17) is 9.84 Å². The minimum Gasteiger partial charge on any atom is -0.481 e. The topological polar surface area (TPSA) is 103 Å². The zero-order valence-electron chi connectivity index (χ0n) is 10.0. The van der Waals surface area contributed by atoms with Gasteiger partial charge in [0, 0.05) is 7.11 Å². The average molecular weight is 301 g/mol. The van der Waals surface area contributed by atoms with Crippen LogP contribution in [-0.2, 0) is 16.1 Å². The molecule has 0 aliphatic heterocycles. The number of rotatable bonds is 7. The Kier molecular flexibility index (Phi) is 4.82. The van der Waals surface area contributed by atoms with Crippen molar-refractivity contribution in [2.24, 2.45) is 0 Å². The molecule has 0 aliphatic rings. The fourth-order valence-corrected chi connectivity index (χ4v) is 2.55. The number of hydrogen-bond acceptors (Lipinski definition) is 8. The van der Waals surface area contributed by atoms with Crippen molar-refractivity contribution < 1.29 is 14.6 Å². The molecule has 0 spiro atoms. The van der Waals surface area contributed by atoms with Gasteiger partial charge in [0.05, 0.1) is 25.1 Å². The predicted molar refractivity (Wildman–Crippen MR) is 69.2 cm³/mol. The van der Waals surface area contributed by atoms with Crippen LogP contribution in [0, 0.1) is 0 Å². The van der Waals surface area contributed by atoms with Crippen molar-refractivity contribution in [3.05, 3.63) is 6.20 Å². The van der Waals surface area contributed by atoms with Crippen LogP contribution in [0.5, 0.6) is 0 Å². The number of carboxylic acids is 1. The van der Waals surface area contributed by atoms with E-state index < -0.39 is 5.97 Å². The maximum absolute atomic E-state index is 10.6. The quantitative estimate of drug-likeness (QED) is 0.742. The Labute approximate surface area is 117 Å². The molecule has 0 aliphatic carbocycles. The molecule has 0 amide bonds. The SMILES string of the molecule is COCCn1c(SCC(=O)O)nnc1-c1cnns1. The summed E-state index contributed by atoms with van der Waals surface area (Å²) in [5, 5.41) is 21.1. The van der Waals surface area contributed by atoms with Gasteiger partial charge >= 0.3 is 5.97 Å². The molecule has 0 saturated carbocycles. The van der Waals surface area contributed by atoms with Crippen LogP contribution in [0.2, 0.25) is 0 Å². The van der Waals surface area contributed by atoms with Crippen molar-refractivity contribution in [3.63, 3.8) is 0 Å². The Bertz CT molecular complexity index is 542. The highest BCUT2D eigenvalue weighted by Crippen LogP contribution is 2.25. The second kappa shape index (κ2) is 6.59. The summed E-state index contributed by atoms with van der Waals surface area (Å²) in [7, 11) is 1.60. The second-order valence-corrected chi connectivity index (χ2v) is 5.14. The van der Waals surface area contributed by atoms with Crippen molar-refractivity contribution >= 4 is 29.3 Å². The lowest BCUT2D eigenvalue weighted by Gasteiger charge is -2.07. The van der Waals surface area contributed by atoms with E-state index in [-0.39, 0.29) is 5.75 Å². The number of ether oxygens (including phenoxy) is 1. The van der Waals surface area contributed by atoms with Crippen molar-refractivity contribution in [1.82, 2.24) is 24.4 Å². The van der Waals surface area contributed by atoms with Gasteiger partial charge in [0.1, 0.15) is 4.88 Å². The van der Waals surface area contributed by atoms with Crippen molar-refractivity contribution in [3.8, 4) is 10.7 Å². The van der Waals surface area contributed by atoms with Gasteiger partial charge in [-0.25, -0.2) is 0 Å². The molecule has 0 unspecified atom stereocenters. The van der Waals surface area contributed by atoms with E-state index in [1.165, 1.54) is 11.5 Å². The minimum absolute atomic E-state index is 0.0634. The highest BCUT2D eigenvalue weighted by molar-refractivity contribution is 7.99. The Morgan fingerprint density at radius 1 is 1.58 bits per heavy atom. The molecule has 10 heteroatoms. The van der Waals surface area contributed by atoms with Crippen LogP contribution in [0.1, 0.15) is 0 Å². The molecule has 0 bridgehead atoms. The molecule has 2 heterocycles. The van der Waals surface area contributed by atoms with Crippen LogP contribution in [0.3, 0.4) is 0 Å². The Hall–Kier alpha value is -1.52. The summed E-state index contributed by atoms with van der Waals surface area (Å²) < 4.78 is 10.6. The predicted octanol–water partition coefficient (Wildman–Crippen LogP) is 0.620. The number of nitrogens with zero attached hydrogens (tertiary/aromatic N) is 5. The van der Waals surface area contributed by atoms with Gasteiger partial charge in [-0.3, -0.25) is 9.36 Å². The van der Waals surface area contributed by atoms with E-state index in [1.807, 2.05) is 4.57 Å². The van der Waals surface area contributed by atoms with Crippen LogP contribution >= 0.6 is 23.3 Å². The number of carboxylic acid groups (broad SMARTS) is 1. The molecule has 19 heavy (non-hydrogen) atoms. The number of carbonyl (C=O) groups is 1. The van der Waals surface area contributed by atoms with Gasteiger partial charge < -0.3 is 9.84 Å². The Morgan fingerprint density at radius 3 is 3.05 bits per heavy atom. The lowest BCUT2D eigenvalue weighted by molar-refractivity contribution is -0.133. The van der Waals surface area contributed by atoms with Gasteiger partial charge in [-0.05, 0) is 11.5 Å². The molecule has 0 saturated heterocycles. The van der Waals surface area contributed by atoms with E-state index in [1.54, 1.807) is 13.3 Å². The van der Waals surface area contributed by atoms with E-state index >= 15 is 0 Å². The lowest BCUT2D eigenvalue weighted by Crippen LogP contribution is -2.08. The molecule has 0 fully saturated rings. The lowest BCUT2D eigenvalue weighted by atomic mass is 10.5. The monoisotopic (exact) mass is 301 g/mol. The maximum Gasteiger partial charge on any atom is 0.313 e. The standard InChI is InChI=1S/C9H11N5O3S2/c1-17-3-2-14-8(6-4-10-13-19-6)11-12-9(14)18-5-7(15)16/h4H,2-3,5H2,1H3,(H,15,16). The first kappa shape index (κ1) is 13.9. The third kappa shape index (κ3) is 3.49. The fourth-order valence-electron chi connectivity index (χ4n) is 1.35. The number of aromatic nitrogens is 5. The third-order valence-electron chi connectivity index (χ3n) is 2.14. The molecule has 2 aromatic heterocycles. The molecule has 2 aromatic rings. The van der Waals surface area contributed by atoms with Crippen LogP contribution in [0.4, 0.5) is 0 Å². The van der Waals surface area contributed by atoms with Gasteiger partial charge in [-0.15, -0.1) is 15.3 Å². The van der Waals surface area contributed by atoms with E-state index in [2.05, 4.69) is 19.8 Å². The van der Waals surface area contributed by atoms with Crippen LogP contribution in [-0.4, -0.2) is 54.9 Å². The molecular weight excluding hydrogens is 290 g/mol. The molecule has 1 N–H and O–H groups in total. The normalized spacial score (nSPS) is 10.8. The van der Waals surface area contributed by atoms with Gasteiger partial charge in [-0.2, -0.15) is 0 Å². The van der Waals surface area contributed by atoms with Gasteiger partial charge in [0.2, 0.25) is 0 Å². The largest absolute Gasteiger partial charge is 0.481 e. The van der Waals surface area contributed by atoms with E-state index in [9.17, 15) is 4.79 Å².